The highest BCUT2D eigenvalue weighted by molar-refractivity contribution is 7.89. The van der Waals surface area contributed by atoms with Crippen LogP contribution in [-0.2, 0) is 10.0 Å². The van der Waals surface area contributed by atoms with Gasteiger partial charge in [0.25, 0.3) is 0 Å². The van der Waals surface area contributed by atoms with Crippen molar-refractivity contribution < 1.29 is 8.42 Å². The van der Waals surface area contributed by atoms with Gasteiger partial charge in [0.1, 0.15) is 4.90 Å². The van der Waals surface area contributed by atoms with E-state index in [1.54, 1.807) is 12.1 Å². The highest BCUT2D eigenvalue weighted by Gasteiger charge is 2.39. The van der Waals surface area contributed by atoms with Crippen molar-refractivity contribution in [1.29, 1.82) is 0 Å². The number of rotatable bonds is 4. The Labute approximate surface area is 153 Å². The van der Waals surface area contributed by atoms with Gasteiger partial charge in [0, 0.05) is 25.8 Å². The monoisotopic (exact) mass is 387 g/mol. The van der Waals surface area contributed by atoms with Crippen molar-refractivity contribution in [3.63, 3.8) is 0 Å². The third kappa shape index (κ3) is 3.54. The zero-order valence-corrected chi connectivity index (χ0v) is 16.1. The molecule has 0 aromatic heterocycles. The number of hydrogen-bond donors (Lipinski definition) is 2. The first-order valence-electron chi connectivity index (χ1n) is 8.07. The highest BCUT2D eigenvalue weighted by Crippen LogP contribution is 2.44. The molecule has 132 valence electrons. The van der Waals surface area contributed by atoms with E-state index in [-0.39, 0.29) is 9.92 Å². The Morgan fingerprint density at radius 3 is 2.62 bits per heavy atom. The lowest BCUT2D eigenvalue weighted by Gasteiger charge is -2.24. The van der Waals surface area contributed by atoms with Crippen LogP contribution in [0.5, 0.6) is 0 Å². The molecule has 1 aromatic rings. The van der Waals surface area contributed by atoms with E-state index >= 15 is 0 Å². The van der Waals surface area contributed by atoms with Gasteiger partial charge >= 0.3 is 0 Å². The number of anilines is 1. The summed E-state index contributed by atoms with van der Waals surface area (Å²) < 4.78 is 25.8. The summed E-state index contributed by atoms with van der Waals surface area (Å²) in [6, 6.07) is 5.25. The fraction of sp³-hybridized carbons (Fsp3) is 0.562. The molecule has 2 aliphatic rings. The molecule has 5 nitrogen and oxygen atoms in total. The van der Waals surface area contributed by atoms with Crippen LogP contribution in [0.3, 0.4) is 0 Å². The second kappa shape index (κ2) is 6.78. The third-order valence-corrected chi connectivity index (χ3v) is 7.52. The highest BCUT2D eigenvalue weighted by atomic mass is 35.5. The summed E-state index contributed by atoms with van der Waals surface area (Å²) >= 11 is 11.5. The van der Waals surface area contributed by atoms with E-state index in [1.165, 1.54) is 45.8 Å². The van der Waals surface area contributed by atoms with Gasteiger partial charge < -0.3 is 10.6 Å². The Balaban J connectivity index is 1.70. The molecule has 0 saturated heterocycles. The van der Waals surface area contributed by atoms with Crippen molar-refractivity contribution in [2.45, 2.75) is 36.6 Å². The number of sulfonamides is 1. The molecular weight excluding hydrogens is 366 g/mol. The van der Waals surface area contributed by atoms with Crippen LogP contribution in [0.25, 0.3) is 0 Å². The first-order chi connectivity index (χ1) is 11.3. The molecule has 0 heterocycles. The first-order valence-corrected chi connectivity index (χ1v) is 10.3. The summed E-state index contributed by atoms with van der Waals surface area (Å²) in [5.74, 6) is 1.55. The second-order valence-corrected chi connectivity index (χ2v) is 9.75. The number of thiocarbonyl (C=S) groups is 1. The Bertz CT molecular complexity index is 752. The largest absolute Gasteiger partial charge is 0.359 e. The lowest BCUT2D eigenvalue weighted by molar-refractivity contribution is 0.392. The molecule has 0 spiro atoms. The predicted octanol–water partition coefficient (Wildman–Crippen LogP) is 3.07. The maximum absolute atomic E-state index is 12.3. The molecular formula is C16H22ClN3O2S2. The minimum atomic E-state index is -3.60. The quantitative estimate of drug-likeness (QED) is 0.777. The minimum Gasteiger partial charge on any atom is -0.359 e. The van der Waals surface area contributed by atoms with Crippen molar-refractivity contribution in [1.82, 2.24) is 9.62 Å². The third-order valence-electron chi connectivity index (χ3n) is 5.00. The average molecular weight is 388 g/mol. The van der Waals surface area contributed by atoms with Crippen LogP contribution < -0.4 is 10.6 Å². The Morgan fingerprint density at radius 1 is 1.29 bits per heavy atom. The summed E-state index contributed by atoms with van der Waals surface area (Å²) in [5.41, 5.74) is 0.612. The summed E-state index contributed by atoms with van der Waals surface area (Å²) in [5, 5.41) is 7.19. The topological polar surface area (TPSA) is 61.4 Å². The summed E-state index contributed by atoms with van der Waals surface area (Å²) in [4.78, 5) is 0.0712. The van der Waals surface area contributed by atoms with Crippen molar-refractivity contribution >= 4 is 44.6 Å². The smallest absolute Gasteiger partial charge is 0.244 e. The van der Waals surface area contributed by atoms with Gasteiger partial charge in [0.15, 0.2) is 5.11 Å². The number of nitrogens with zero attached hydrogens (tertiary/aromatic N) is 1. The molecule has 0 aliphatic heterocycles. The molecule has 0 unspecified atom stereocenters. The molecule has 2 saturated carbocycles. The van der Waals surface area contributed by atoms with Gasteiger partial charge in [-0.05, 0) is 61.5 Å². The zero-order valence-electron chi connectivity index (χ0n) is 13.8. The van der Waals surface area contributed by atoms with Crippen LogP contribution in [0.1, 0.15) is 25.7 Å². The molecule has 2 fully saturated rings. The molecule has 8 heteroatoms. The number of nitrogens with one attached hydrogen (secondary N) is 2. The second-order valence-electron chi connectivity index (χ2n) is 6.81. The molecule has 2 aliphatic carbocycles. The zero-order chi connectivity index (χ0) is 17.5. The number of benzene rings is 1. The molecule has 24 heavy (non-hydrogen) atoms. The van der Waals surface area contributed by atoms with Gasteiger partial charge in [-0.3, -0.25) is 0 Å². The maximum Gasteiger partial charge on any atom is 0.244 e. The minimum absolute atomic E-state index is 0.0712. The van der Waals surface area contributed by atoms with Crippen molar-refractivity contribution in [3.8, 4) is 0 Å². The molecule has 0 amide bonds. The van der Waals surface area contributed by atoms with Crippen LogP contribution in [-0.4, -0.2) is 38.0 Å². The number of hydrogen-bond acceptors (Lipinski definition) is 3. The van der Waals surface area contributed by atoms with Crippen molar-refractivity contribution in [2.75, 3.05) is 19.4 Å². The fourth-order valence-electron chi connectivity index (χ4n) is 3.73. The molecule has 0 radical (unpaired) electrons. The Kier molecular flexibility index (Phi) is 5.06. The van der Waals surface area contributed by atoms with E-state index in [2.05, 4.69) is 10.6 Å². The molecule has 3 atom stereocenters. The Morgan fingerprint density at radius 2 is 2.04 bits per heavy atom. The van der Waals surface area contributed by atoms with Crippen LogP contribution in [0.4, 0.5) is 5.69 Å². The van der Waals surface area contributed by atoms with Gasteiger partial charge in [-0.15, -0.1) is 0 Å². The van der Waals surface area contributed by atoms with E-state index in [9.17, 15) is 8.42 Å². The summed E-state index contributed by atoms with van der Waals surface area (Å²) in [6.07, 6.45) is 5.09. The average Bonchev–Trinajstić information content (AvgIpc) is 3.11. The van der Waals surface area contributed by atoms with Gasteiger partial charge in [-0.1, -0.05) is 18.0 Å². The first kappa shape index (κ1) is 17.9. The number of halogens is 1. The normalized spacial score (nSPS) is 25.9. The predicted molar refractivity (Wildman–Crippen MR) is 101 cm³/mol. The van der Waals surface area contributed by atoms with E-state index < -0.39 is 10.0 Å². The molecule has 2 bridgehead atoms. The standard InChI is InChI=1S/C16H22ClN3O2S2/c1-20(2)24(21,22)15-9-12(5-6-13(15)17)18-16(23)19-14-8-10-3-4-11(14)7-10/h5-6,9-11,14H,3-4,7-8H2,1-2H3,(H2,18,19,23)/t10-,11-,14+/m1/s1. The molecule has 1 aromatic carbocycles. The maximum atomic E-state index is 12.3. The van der Waals surface area contributed by atoms with Crippen LogP contribution >= 0.6 is 23.8 Å². The van der Waals surface area contributed by atoms with E-state index in [1.807, 2.05) is 0 Å². The summed E-state index contributed by atoms with van der Waals surface area (Å²) in [6.45, 7) is 0. The lowest BCUT2D eigenvalue weighted by atomic mass is 9.96. The SMILES string of the molecule is CN(C)S(=O)(=O)c1cc(NC(=S)N[C@H]2C[C@@H]3CC[C@@H]2C3)ccc1Cl. The van der Waals surface area contributed by atoms with E-state index in [4.69, 9.17) is 23.8 Å². The number of fused-ring (bicyclic) bond motifs is 2. The molecule has 2 N–H and O–H groups in total. The van der Waals surface area contributed by atoms with Crippen molar-refractivity contribution in [2.24, 2.45) is 11.8 Å². The van der Waals surface area contributed by atoms with Crippen molar-refractivity contribution in [3.05, 3.63) is 23.2 Å². The van der Waals surface area contributed by atoms with Gasteiger partial charge in [0.05, 0.1) is 5.02 Å². The van der Waals surface area contributed by atoms with Gasteiger partial charge in [-0.2, -0.15) is 0 Å². The van der Waals surface area contributed by atoms with Crippen LogP contribution in [0.2, 0.25) is 5.02 Å². The van der Waals surface area contributed by atoms with Gasteiger partial charge in [0.2, 0.25) is 10.0 Å². The fourth-order valence-corrected chi connectivity index (χ4v) is 5.40. The van der Waals surface area contributed by atoms with Crippen LogP contribution in [0.15, 0.2) is 23.1 Å². The van der Waals surface area contributed by atoms with E-state index in [0.717, 1.165) is 10.2 Å². The lowest BCUT2D eigenvalue weighted by Crippen LogP contribution is -2.40. The van der Waals surface area contributed by atoms with Crippen LogP contribution in [0, 0.1) is 11.8 Å². The summed E-state index contributed by atoms with van der Waals surface area (Å²) in [7, 11) is -0.639. The van der Waals surface area contributed by atoms with E-state index in [0.29, 0.717) is 22.8 Å². The molecule has 3 rings (SSSR count). The Hall–Kier alpha value is -0.890. The van der Waals surface area contributed by atoms with Gasteiger partial charge in [-0.25, -0.2) is 12.7 Å².